The topological polar surface area (TPSA) is 57.6 Å². The van der Waals surface area contributed by atoms with E-state index in [0.717, 1.165) is 71.9 Å². The van der Waals surface area contributed by atoms with E-state index in [1.54, 1.807) is 0 Å². The molecule has 0 radical (unpaired) electrons. The summed E-state index contributed by atoms with van der Waals surface area (Å²) < 4.78 is 6.35. The van der Waals surface area contributed by atoms with Crippen molar-refractivity contribution in [3.05, 3.63) is 82.3 Å². The quantitative estimate of drug-likeness (QED) is 0.315. The van der Waals surface area contributed by atoms with E-state index < -0.39 is 0 Å². The normalized spacial score (nSPS) is 21.0. The maximum atomic E-state index is 6.72. The number of pyridine rings is 1. The van der Waals surface area contributed by atoms with Gasteiger partial charge in [0.25, 0.3) is 0 Å². The van der Waals surface area contributed by atoms with E-state index in [4.69, 9.17) is 26.3 Å². The third-order valence-electron chi connectivity index (χ3n) is 8.94. The summed E-state index contributed by atoms with van der Waals surface area (Å²) in [5, 5.41) is 3.03. The van der Waals surface area contributed by atoms with E-state index in [9.17, 15) is 0 Å². The van der Waals surface area contributed by atoms with E-state index >= 15 is 0 Å². The molecule has 0 saturated carbocycles. The molecule has 7 nitrogen and oxygen atoms in total. The van der Waals surface area contributed by atoms with Gasteiger partial charge >= 0.3 is 6.01 Å². The molecule has 0 N–H and O–H groups in total. The van der Waals surface area contributed by atoms with Crippen LogP contribution in [-0.2, 0) is 25.9 Å². The molecule has 206 valence electrons. The molecule has 2 aromatic heterocycles. The summed E-state index contributed by atoms with van der Waals surface area (Å²) in [5.41, 5.74) is 6.07. The summed E-state index contributed by atoms with van der Waals surface area (Å²) in [6, 6.07) is 15.9. The highest BCUT2D eigenvalue weighted by molar-refractivity contribution is 6.36. The molecule has 0 spiro atoms. The number of rotatable bonds is 5. The van der Waals surface area contributed by atoms with Crippen LogP contribution in [0.25, 0.3) is 10.8 Å². The van der Waals surface area contributed by atoms with Gasteiger partial charge in [0, 0.05) is 54.2 Å². The minimum absolute atomic E-state index is 0.305. The fourth-order valence-electron chi connectivity index (χ4n) is 6.64. The van der Waals surface area contributed by atoms with Gasteiger partial charge in [-0.2, -0.15) is 9.97 Å². The lowest BCUT2D eigenvalue weighted by Gasteiger charge is -2.39. The Morgan fingerprint density at radius 2 is 1.90 bits per heavy atom. The van der Waals surface area contributed by atoms with Crippen molar-refractivity contribution in [2.75, 3.05) is 36.5 Å². The number of hydrogen-bond acceptors (Lipinski definition) is 7. The van der Waals surface area contributed by atoms with Crippen LogP contribution in [0.2, 0.25) is 5.02 Å². The monoisotopic (exact) mass is 554 g/mol. The van der Waals surface area contributed by atoms with Gasteiger partial charge in [-0.05, 0) is 80.9 Å². The first-order valence-corrected chi connectivity index (χ1v) is 14.8. The molecule has 3 aliphatic heterocycles. The summed E-state index contributed by atoms with van der Waals surface area (Å²) in [7, 11) is 2.18. The molecule has 2 atom stereocenters. The van der Waals surface area contributed by atoms with Crippen LogP contribution in [0.15, 0.2) is 54.9 Å². The third kappa shape index (κ3) is 4.65. The number of nitrogens with zero attached hydrogens (tertiary/aromatic N) is 6. The summed E-state index contributed by atoms with van der Waals surface area (Å²) in [6.07, 6.45) is 8.08. The second kappa shape index (κ2) is 10.5. The Bertz CT molecular complexity index is 1550. The number of hydrogen-bond donors (Lipinski definition) is 0. The van der Waals surface area contributed by atoms with Gasteiger partial charge in [-0.1, -0.05) is 35.9 Å². The van der Waals surface area contributed by atoms with Gasteiger partial charge in [0.05, 0.1) is 17.3 Å². The van der Waals surface area contributed by atoms with Crippen molar-refractivity contribution < 1.29 is 4.74 Å². The van der Waals surface area contributed by atoms with Crippen LogP contribution in [0.4, 0.5) is 11.5 Å². The lowest BCUT2D eigenvalue weighted by atomic mass is 9.95. The fraction of sp³-hybridized carbons (Fsp3) is 0.406. The van der Waals surface area contributed by atoms with Crippen LogP contribution in [0, 0.1) is 0 Å². The van der Waals surface area contributed by atoms with E-state index in [-0.39, 0.29) is 0 Å². The first-order valence-electron chi connectivity index (χ1n) is 14.4. The SMILES string of the molecule is C[C@H]1Cc2cnccc2CN1c1nc(OC[C@@H]2CCCN2C)nc2c1CCN(c1cccc3cccc(Cl)c13)C2. The molecule has 0 amide bonds. The third-order valence-corrected chi connectivity index (χ3v) is 9.25. The summed E-state index contributed by atoms with van der Waals surface area (Å²) >= 11 is 6.72. The predicted octanol–water partition coefficient (Wildman–Crippen LogP) is 5.67. The van der Waals surface area contributed by atoms with Crippen molar-refractivity contribution in [3.63, 3.8) is 0 Å². The smallest absolute Gasteiger partial charge is 0.318 e. The van der Waals surface area contributed by atoms with Crippen LogP contribution in [-0.4, -0.2) is 58.7 Å². The van der Waals surface area contributed by atoms with E-state index in [1.165, 1.54) is 23.1 Å². The standard InChI is InChI=1S/C32H35ClN6O/c1-21-16-24-17-34-13-11-23(24)18-39(21)31-26-12-15-38(29-10-4-7-22-6-3-9-27(33)30(22)29)19-28(26)35-32(36-31)40-20-25-8-5-14-37(25)2/h3-4,6-7,9-11,13,17,21,25H,5,8,12,14-16,18-20H2,1-2H3/t21-,25-/m0/s1. The summed E-state index contributed by atoms with van der Waals surface area (Å²) in [5.74, 6) is 1.02. The first kappa shape index (κ1) is 25.5. The Balaban J connectivity index is 1.26. The Morgan fingerprint density at radius 1 is 1.02 bits per heavy atom. The molecular formula is C32H35ClN6O. The van der Waals surface area contributed by atoms with Gasteiger partial charge in [-0.25, -0.2) is 0 Å². The molecule has 1 fully saturated rings. The summed E-state index contributed by atoms with van der Waals surface area (Å²) in [6.45, 7) is 6.40. The Kier molecular flexibility index (Phi) is 6.72. The number of aromatic nitrogens is 3. The fourth-order valence-corrected chi connectivity index (χ4v) is 6.92. The highest BCUT2D eigenvalue weighted by atomic mass is 35.5. The molecule has 2 aromatic carbocycles. The van der Waals surface area contributed by atoms with Gasteiger partial charge in [0.1, 0.15) is 12.4 Å². The van der Waals surface area contributed by atoms with E-state index in [1.807, 2.05) is 24.5 Å². The largest absolute Gasteiger partial charge is 0.462 e. The maximum absolute atomic E-state index is 6.72. The molecule has 3 aliphatic rings. The van der Waals surface area contributed by atoms with Crippen molar-refractivity contribution in [1.29, 1.82) is 0 Å². The van der Waals surface area contributed by atoms with Crippen LogP contribution in [0.1, 0.15) is 42.1 Å². The Morgan fingerprint density at radius 3 is 2.75 bits per heavy atom. The molecule has 4 aromatic rings. The Labute approximate surface area is 240 Å². The Hall–Kier alpha value is -3.42. The van der Waals surface area contributed by atoms with E-state index in [0.29, 0.717) is 31.2 Å². The van der Waals surface area contributed by atoms with Crippen LogP contribution in [0.3, 0.4) is 0 Å². The molecular weight excluding hydrogens is 520 g/mol. The second-order valence-corrected chi connectivity index (χ2v) is 11.9. The minimum atomic E-state index is 0.305. The molecule has 1 saturated heterocycles. The number of ether oxygens (including phenoxy) is 1. The zero-order chi connectivity index (χ0) is 27.2. The number of likely N-dealkylation sites (tertiary alicyclic amines) is 1. The number of fused-ring (bicyclic) bond motifs is 3. The maximum Gasteiger partial charge on any atom is 0.318 e. The first-order chi connectivity index (χ1) is 19.5. The van der Waals surface area contributed by atoms with Gasteiger partial charge in [0.15, 0.2) is 0 Å². The van der Waals surface area contributed by atoms with E-state index in [2.05, 4.69) is 64.0 Å². The molecule has 0 aliphatic carbocycles. The average molecular weight is 555 g/mol. The zero-order valence-corrected chi connectivity index (χ0v) is 23.9. The van der Waals surface area contributed by atoms with Crippen LogP contribution >= 0.6 is 11.6 Å². The average Bonchev–Trinajstić information content (AvgIpc) is 3.39. The van der Waals surface area contributed by atoms with Crippen molar-refractivity contribution in [3.8, 4) is 6.01 Å². The number of halogens is 1. The van der Waals surface area contributed by atoms with Crippen molar-refractivity contribution in [2.24, 2.45) is 0 Å². The molecule has 0 unspecified atom stereocenters. The molecule has 40 heavy (non-hydrogen) atoms. The second-order valence-electron chi connectivity index (χ2n) is 11.5. The summed E-state index contributed by atoms with van der Waals surface area (Å²) in [4.78, 5) is 21.7. The van der Waals surface area contributed by atoms with Gasteiger partial charge < -0.3 is 19.4 Å². The van der Waals surface area contributed by atoms with Gasteiger partial charge in [0.2, 0.25) is 0 Å². The van der Waals surface area contributed by atoms with Gasteiger partial charge in [-0.15, -0.1) is 0 Å². The van der Waals surface area contributed by atoms with Crippen LogP contribution < -0.4 is 14.5 Å². The zero-order valence-electron chi connectivity index (χ0n) is 23.2. The predicted molar refractivity (Wildman–Crippen MR) is 160 cm³/mol. The lowest BCUT2D eigenvalue weighted by Crippen LogP contribution is -2.41. The highest BCUT2D eigenvalue weighted by Crippen LogP contribution is 2.38. The number of benzene rings is 2. The highest BCUT2D eigenvalue weighted by Gasteiger charge is 2.31. The van der Waals surface area contributed by atoms with Crippen LogP contribution in [0.5, 0.6) is 6.01 Å². The van der Waals surface area contributed by atoms with Gasteiger partial charge in [-0.3, -0.25) is 4.98 Å². The number of likely N-dealkylation sites (N-methyl/N-ethyl adjacent to an activating group) is 1. The number of anilines is 2. The minimum Gasteiger partial charge on any atom is -0.462 e. The lowest BCUT2D eigenvalue weighted by molar-refractivity contribution is 0.187. The molecule has 5 heterocycles. The molecule has 8 heteroatoms. The van der Waals surface area contributed by atoms with Crippen molar-refractivity contribution in [1.82, 2.24) is 19.9 Å². The molecule has 7 rings (SSSR count). The van der Waals surface area contributed by atoms with Crippen molar-refractivity contribution in [2.45, 2.75) is 57.8 Å². The molecule has 0 bridgehead atoms. The van der Waals surface area contributed by atoms with Crippen molar-refractivity contribution >= 4 is 33.9 Å².